The number of aromatic amines is 1. The van der Waals surface area contributed by atoms with E-state index in [-0.39, 0.29) is 5.56 Å². The smallest absolute Gasteiger partial charge is 0.336 e. The van der Waals surface area contributed by atoms with Crippen molar-refractivity contribution >= 4 is 5.97 Å². The number of hydrogen-bond acceptors (Lipinski definition) is 4. The van der Waals surface area contributed by atoms with Crippen LogP contribution in [0.25, 0.3) is 0 Å². The summed E-state index contributed by atoms with van der Waals surface area (Å²) in [5.41, 5.74) is 4.29. The standard InChI is InChI=1S/C21H21N3O3/c1-14-7-8-16(11-17(14)20(25)26)27-21-22-18-9-10-24(13-19(18)23-21)12-15-5-3-2-4-6-15/h2-8,11H,9-10,12-13H2,1H3,(H,22,23)(H,25,26). The molecule has 0 amide bonds. The fraction of sp³-hybridized carbons (Fsp3) is 0.238. The number of carbonyl (C=O) groups is 1. The van der Waals surface area contributed by atoms with Crippen molar-refractivity contribution in [1.29, 1.82) is 0 Å². The van der Waals surface area contributed by atoms with Crippen LogP contribution in [0, 0.1) is 6.92 Å². The SMILES string of the molecule is Cc1ccc(Oc2nc3c([nH]2)CCN(Cc2ccccc2)C3)cc1C(=O)O. The molecule has 0 unspecified atom stereocenters. The predicted octanol–water partition coefficient (Wildman–Crippen LogP) is 3.77. The number of aryl methyl sites for hydroxylation is 1. The lowest BCUT2D eigenvalue weighted by atomic mass is 10.1. The van der Waals surface area contributed by atoms with E-state index in [0.29, 0.717) is 17.3 Å². The third-order valence-corrected chi connectivity index (χ3v) is 4.80. The Morgan fingerprint density at radius 1 is 1.26 bits per heavy atom. The average Bonchev–Trinajstić information content (AvgIpc) is 3.05. The number of aromatic carboxylic acids is 1. The molecule has 2 heterocycles. The normalized spacial score (nSPS) is 14.0. The molecule has 1 aliphatic heterocycles. The maximum atomic E-state index is 11.3. The molecule has 27 heavy (non-hydrogen) atoms. The number of H-pyrrole nitrogens is 1. The van der Waals surface area contributed by atoms with Crippen LogP contribution in [0.15, 0.2) is 48.5 Å². The highest BCUT2D eigenvalue weighted by molar-refractivity contribution is 5.89. The van der Waals surface area contributed by atoms with Crippen molar-refractivity contribution in [2.24, 2.45) is 0 Å². The molecule has 0 radical (unpaired) electrons. The van der Waals surface area contributed by atoms with Crippen LogP contribution in [-0.4, -0.2) is 32.5 Å². The Kier molecular flexibility index (Phi) is 4.64. The number of nitrogens with zero attached hydrogens (tertiary/aromatic N) is 2. The summed E-state index contributed by atoms with van der Waals surface area (Å²) in [5, 5.41) is 9.25. The molecule has 0 saturated heterocycles. The highest BCUT2D eigenvalue weighted by Crippen LogP contribution is 2.26. The van der Waals surface area contributed by atoms with Crippen molar-refractivity contribution in [2.75, 3.05) is 6.54 Å². The third kappa shape index (κ3) is 3.85. The molecule has 0 bridgehead atoms. The lowest BCUT2D eigenvalue weighted by Crippen LogP contribution is -2.30. The summed E-state index contributed by atoms with van der Waals surface area (Å²) in [6, 6.07) is 15.8. The van der Waals surface area contributed by atoms with E-state index in [0.717, 1.165) is 37.4 Å². The van der Waals surface area contributed by atoms with Crippen LogP contribution in [-0.2, 0) is 19.5 Å². The maximum Gasteiger partial charge on any atom is 0.336 e. The number of rotatable bonds is 5. The minimum atomic E-state index is -0.965. The quantitative estimate of drug-likeness (QED) is 0.721. The first-order chi connectivity index (χ1) is 13.1. The van der Waals surface area contributed by atoms with Gasteiger partial charge in [-0.25, -0.2) is 4.79 Å². The second kappa shape index (κ2) is 7.25. The molecule has 0 saturated carbocycles. The molecule has 1 aliphatic rings. The minimum absolute atomic E-state index is 0.234. The number of nitrogens with one attached hydrogen (secondary N) is 1. The lowest BCUT2D eigenvalue weighted by molar-refractivity contribution is 0.0695. The van der Waals surface area contributed by atoms with E-state index in [1.54, 1.807) is 19.1 Å². The van der Waals surface area contributed by atoms with E-state index >= 15 is 0 Å². The first-order valence-corrected chi connectivity index (χ1v) is 8.94. The lowest BCUT2D eigenvalue weighted by Gasteiger charge is -2.25. The molecule has 4 rings (SSSR count). The van der Waals surface area contributed by atoms with Crippen LogP contribution in [0.3, 0.4) is 0 Å². The fourth-order valence-electron chi connectivity index (χ4n) is 3.35. The average molecular weight is 363 g/mol. The molecule has 1 aromatic heterocycles. The Balaban J connectivity index is 1.47. The number of benzene rings is 2. The van der Waals surface area contributed by atoms with Gasteiger partial charge in [0.1, 0.15) is 5.75 Å². The van der Waals surface area contributed by atoms with Crippen LogP contribution >= 0.6 is 0 Å². The first-order valence-electron chi connectivity index (χ1n) is 8.94. The topological polar surface area (TPSA) is 78.5 Å². The Morgan fingerprint density at radius 2 is 2.07 bits per heavy atom. The zero-order valence-electron chi connectivity index (χ0n) is 15.1. The Hall–Kier alpha value is -3.12. The third-order valence-electron chi connectivity index (χ3n) is 4.80. The monoisotopic (exact) mass is 363 g/mol. The van der Waals surface area contributed by atoms with Gasteiger partial charge in [-0.1, -0.05) is 36.4 Å². The van der Waals surface area contributed by atoms with Gasteiger partial charge in [0.15, 0.2) is 0 Å². The van der Waals surface area contributed by atoms with Crippen LogP contribution in [0.2, 0.25) is 0 Å². The summed E-state index contributed by atoms with van der Waals surface area (Å²) < 4.78 is 5.78. The molecule has 0 aliphatic carbocycles. The first kappa shape index (κ1) is 17.3. The minimum Gasteiger partial charge on any atom is -0.478 e. The van der Waals surface area contributed by atoms with E-state index in [4.69, 9.17) is 4.74 Å². The largest absolute Gasteiger partial charge is 0.478 e. The van der Waals surface area contributed by atoms with Gasteiger partial charge in [-0.2, -0.15) is 4.98 Å². The van der Waals surface area contributed by atoms with E-state index in [9.17, 15) is 9.90 Å². The Labute approximate surface area is 157 Å². The van der Waals surface area contributed by atoms with Gasteiger partial charge in [0.25, 0.3) is 6.01 Å². The molecule has 138 valence electrons. The van der Waals surface area contributed by atoms with Gasteiger partial charge in [0.05, 0.1) is 11.3 Å². The number of hydrogen-bond donors (Lipinski definition) is 2. The summed E-state index contributed by atoms with van der Waals surface area (Å²) >= 11 is 0. The van der Waals surface area contributed by atoms with Crippen molar-refractivity contribution in [3.05, 3.63) is 76.6 Å². The number of carboxylic acids is 1. The molecule has 0 atom stereocenters. The molecule has 3 aromatic rings. The van der Waals surface area contributed by atoms with Gasteiger partial charge < -0.3 is 14.8 Å². The number of imidazole rings is 1. The molecule has 6 nitrogen and oxygen atoms in total. The van der Waals surface area contributed by atoms with Crippen molar-refractivity contribution in [3.63, 3.8) is 0 Å². The summed E-state index contributed by atoms with van der Waals surface area (Å²) in [6.45, 7) is 4.37. The van der Waals surface area contributed by atoms with Gasteiger partial charge in [-0.15, -0.1) is 0 Å². The predicted molar refractivity (Wildman–Crippen MR) is 101 cm³/mol. The molecule has 2 aromatic carbocycles. The van der Waals surface area contributed by atoms with Crippen molar-refractivity contribution in [1.82, 2.24) is 14.9 Å². The van der Waals surface area contributed by atoms with Gasteiger partial charge in [-0.05, 0) is 30.2 Å². The molecular weight excluding hydrogens is 342 g/mol. The molecule has 0 fully saturated rings. The van der Waals surface area contributed by atoms with E-state index in [2.05, 4.69) is 39.1 Å². The second-order valence-corrected chi connectivity index (χ2v) is 6.80. The zero-order valence-corrected chi connectivity index (χ0v) is 15.1. The van der Waals surface area contributed by atoms with Crippen molar-refractivity contribution in [3.8, 4) is 11.8 Å². The summed E-state index contributed by atoms with van der Waals surface area (Å²) in [5.74, 6) is -0.501. The number of ether oxygens (including phenoxy) is 1. The van der Waals surface area contributed by atoms with Crippen molar-refractivity contribution in [2.45, 2.75) is 26.4 Å². The highest BCUT2D eigenvalue weighted by Gasteiger charge is 2.21. The van der Waals surface area contributed by atoms with Gasteiger partial charge in [-0.3, -0.25) is 4.90 Å². The van der Waals surface area contributed by atoms with Gasteiger partial charge in [0, 0.05) is 31.7 Å². The van der Waals surface area contributed by atoms with Crippen LogP contribution in [0.5, 0.6) is 11.8 Å². The van der Waals surface area contributed by atoms with Crippen molar-refractivity contribution < 1.29 is 14.6 Å². The number of aromatic nitrogens is 2. The fourth-order valence-corrected chi connectivity index (χ4v) is 3.35. The van der Waals surface area contributed by atoms with Crippen LogP contribution in [0.4, 0.5) is 0 Å². The summed E-state index contributed by atoms with van der Waals surface area (Å²) in [6.07, 6.45) is 0.882. The van der Waals surface area contributed by atoms with Gasteiger partial charge in [0.2, 0.25) is 0 Å². The summed E-state index contributed by atoms with van der Waals surface area (Å²) in [7, 11) is 0. The second-order valence-electron chi connectivity index (χ2n) is 6.80. The molecule has 6 heteroatoms. The Morgan fingerprint density at radius 3 is 2.85 bits per heavy atom. The Bertz CT molecular complexity index is 966. The molecule has 2 N–H and O–H groups in total. The summed E-state index contributed by atoms with van der Waals surface area (Å²) in [4.78, 5) is 21.4. The molecule has 0 spiro atoms. The van der Waals surface area contributed by atoms with E-state index in [1.165, 1.54) is 11.6 Å². The number of carboxylic acid groups (broad SMARTS) is 1. The maximum absolute atomic E-state index is 11.3. The zero-order chi connectivity index (χ0) is 18.8. The molecular formula is C21H21N3O3. The van der Waals surface area contributed by atoms with E-state index in [1.807, 2.05) is 6.07 Å². The number of fused-ring (bicyclic) bond motifs is 1. The van der Waals surface area contributed by atoms with Crippen LogP contribution < -0.4 is 4.74 Å². The highest BCUT2D eigenvalue weighted by atomic mass is 16.5. The van der Waals surface area contributed by atoms with E-state index < -0.39 is 5.97 Å². The van der Waals surface area contributed by atoms with Gasteiger partial charge >= 0.3 is 5.97 Å². The van der Waals surface area contributed by atoms with Crippen LogP contribution in [0.1, 0.15) is 32.9 Å².